The van der Waals surface area contributed by atoms with Crippen LogP contribution in [0.15, 0.2) is 24.3 Å². The van der Waals surface area contributed by atoms with E-state index >= 15 is 0 Å². The Morgan fingerprint density at radius 2 is 1.93 bits per heavy atom. The van der Waals surface area contributed by atoms with E-state index in [0.717, 1.165) is 5.56 Å². The fraction of sp³-hybridized carbons (Fsp3) is 0.455. The van der Waals surface area contributed by atoms with Gasteiger partial charge in [-0.1, -0.05) is 23.7 Å². The molecule has 1 nitrogen and oxygen atoms in total. The van der Waals surface area contributed by atoms with Gasteiger partial charge in [-0.3, -0.25) is 0 Å². The van der Waals surface area contributed by atoms with Crippen LogP contribution in [0.1, 0.15) is 24.8 Å². The molecule has 1 aromatic rings. The average Bonchev–Trinajstić information content (AvgIpc) is 2.15. The quantitative estimate of drug-likeness (QED) is 0.821. The molecule has 1 aromatic carbocycles. The second-order valence-corrected chi connectivity index (χ2v) is 3.85. The lowest BCUT2D eigenvalue weighted by atomic mass is 9.92. The molecule has 0 aliphatic rings. The lowest BCUT2D eigenvalue weighted by Crippen LogP contribution is -2.15. The third-order valence-corrected chi connectivity index (χ3v) is 2.58. The molecule has 0 amide bonds. The molecular formula is C11H15ClFN. The molecular weight excluding hydrogens is 201 g/mol. The number of nitrogens with two attached hydrogens (primary N) is 1. The monoisotopic (exact) mass is 215 g/mol. The number of hydrogen-bond acceptors (Lipinski definition) is 1. The molecule has 78 valence electrons. The summed E-state index contributed by atoms with van der Waals surface area (Å²) in [5, 5.41) is 0.673. The minimum Gasteiger partial charge on any atom is -0.330 e. The standard InChI is InChI=1S/C11H15ClFN/c1-8(13)11(6-7-14)9-2-4-10(12)5-3-9/h2-5,8,11H,6-7,14H2,1H3. The Labute approximate surface area is 89.1 Å². The van der Waals surface area contributed by atoms with E-state index in [0.29, 0.717) is 18.0 Å². The molecule has 0 spiro atoms. The van der Waals surface area contributed by atoms with Crippen molar-refractivity contribution in [2.45, 2.75) is 25.4 Å². The first kappa shape index (κ1) is 11.5. The molecule has 0 aliphatic carbocycles. The van der Waals surface area contributed by atoms with Gasteiger partial charge in [0.2, 0.25) is 0 Å². The summed E-state index contributed by atoms with van der Waals surface area (Å²) in [5.74, 6) is -0.114. The van der Waals surface area contributed by atoms with Crippen LogP contribution in [0.25, 0.3) is 0 Å². The first-order valence-corrected chi connectivity index (χ1v) is 5.12. The molecule has 0 radical (unpaired) electrons. The van der Waals surface area contributed by atoms with E-state index in [-0.39, 0.29) is 5.92 Å². The molecule has 0 heterocycles. The number of benzene rings is 1. The highest BCUT2D eigenvalue weighted by Gasteiger charge is 2.17. The van der Waals surface area contributed by atoms with Gasteiger partial charge < -0.3 is 5.73 Å². The van der Waals surface area contributed by atoms with Gasteiger partial charge in [-0.15, -0.1) is 0 Å². The van der Waals surface area contributed by atoms with E-state index in [1.165, 1.54) is 0 Å². The fourth-order valence-corrected chi connectivity index (χ4v) is 1.68. The van der Waals surface area contributed by atoms with Gasteiger partial charge in [0.1, 0.15) is 6.17 Å². The summed E-state index contributed by atoms with van der Waals surface area (Å²) in [6, 6.07) is 7.28. The van der Waals surface area contributed by atoms with Crippen molar-refractivity contribution in [2.75, 3.05) is 6.54 Å². The maximum absolute atomic E-state index is 13.3. The molecule has 0 saturated carbocycles. The maximum Gasteiger partial charge on any atom is 0.104 e. The summed E-state index contributed by atoms with van der Waals surface area (Å²) in [4.78, 5) is 0. The normalized spacial score (nSPS) is 15.1. The molecule has 0 aliphatic heterocycles. The largest absolute Gasteiger partial charge is 0.330 e. The first-order chi connectivity index (χ1) is 6.65. The molecule has 2 N–H and O–H groups in total. The Bertz CT molecular complexity index is 271. The van der Waals surface area contributed by atoms with Crippen molar-refractivity contribution in [2.24, 2.45) is 5.73 Å². The minimum absolute atomic E-state index is 0.114. The van der Waals surface area contributed by atoms with E-state index in [1.54, 1.807) is 19.1 Å². The van der Waals surface area contributed by atoms with E-state index in [4.69, 9.17) is 17.3 Å². The van der Waals surface area contributed by atoms with Gasteiger partial charge in [0.05, 0.1) is 0 Å². The fourth-order valence-electron chi connectivity index (χ4n) is 1.55. The highest BCUT2D eigenvalue weighted by molar-refractivity contribution is 6.30. The van der Waals surface area contributed by atoms with Gasteiger partial charge in [-0.05, 0) is 37.6 Å². The molecule has 2 unspecified atom stereocenters. The van der Waals surface area contributed by atoms with Crippen molar-refractivity contribution in [3.8, 4) is 0 Å². The van der Waals surface area contributed by atoms with Crippen LogP contribution in [0.4, 0.5) is 4.39 Å². The smallest absolute Gasteiger partial charge is 0.104 e. The molecule has 0 fully saturated rings. The zero-order valence-corrected chi connectivity index (χ0v) is 8.97. The van der Waals surface area contributed by atoms with Gasteiger partial charge >= 0.3 is 0 Å². The van der Waals surface area contributed by atoms with Crippen molar-refractivity contribution in [1.29, 1.82) is 0 Å². The molecule has 0 saturated heterocycles. The Balaban J connectivity index is 2.82. The van der Waals surface area contributed by atoms with Gasteiger partial charge in [0, 0.05) is 10.9 Å². The molecule has 1 rings (SSSR count). The van der Waals surface area contributed by atoms with E-state index in [2.05, 4.69) is 0 Å². The molecule has 0 bridgehead atoms. The van der Waals surface area contributed by atoms with Crippen LogP contribution in [0, 0.1) is 0 Å². The second kappa shape index (κ2) is 5.32. The summed E-state index contributed by atoms with van der Waals surface area (Å²) < 4.78 is 13.3. The Kier molecular flexibility index (Phi) is 4.36. The van der Waals surface area contributed by atoms with Crippen molar-refractivity contribution >= 4 is 11.6 Å². The van der Waals surface area contributed by atoms with Crippen LogP contribution in [-0.2, 0) is 0 Å². The lowest BCUT2D eigenvalue weighted by molar-refractivity contribution is 0.297. The lowest BCUT2D eigenvalue weighted by Gasteiger charge is -2.17. The summed E-state index contributed by atoms with van der Waals surface area (Å²) in [5.41, 5.74) is 6.41. The van der Waals surface area contributed by atoms with Crippen LogP contribution >= 0.6 is 11.6 Å². The summed E-state index contributed by atoms with van der Waals surface area (Å²) in [6.07, 6.45) is -0.209. The highest BCUT2D eigenvalue weighted by Crippen LogP contribution is 2.26. The van der Waals surface area contributed by atoms with Crippen LogP contribution < -0.4 is 5.73 Å². The van der Waals surface area contributed by atoms with Crippen LogP contribution in [0.2, 0.25) is 5.02 Å². The predicted molar refractivity (Wildman–Crippen MR) is 58.4 cm³/mol. The molecule has 14 heavy (non-hydrogen) atoms. The topological polar surface area (TPSA) is 26.0 Å². The third-order valence-electron chi connectivity index (χ3n) is 2.33. The SMILES string of the molecule is CC(F)C(CCN)c1ccc(Cl)cc1. The van der Waals surface area contributed by atoms with Crippen LogP contribution in [0.3, 0.4) is 0 Å². The van der Waals surface area contributed by atoms with Gasteiger partial charge in [0.15, 0.2) is 0 Å². The van der Waals surface area contributed by atoms with Crippen LogP contribution in [-0.4, -0.2) is 12.7 Å². The Morgan fingerprint density at radius 3 is 2.36 bits per heavy atom. The van der Waals surface area contributed by atoms with E-state index in [1.807, 2.05) is 12.1 Å². The van der Waals surface area contributed by atoms with Gasteiger partial charge in [-0.25, -0.2) is 4.39 Å². The molecule has 3 heteroatoms. The maximum atomic E-state index is 13.3. The van der Waals surface area contributed by atoms with Crippen molar-refractivity contribution in [1.82, 2.24) is 0 Å². The number of halogens is 2. The molecule has 0 aromatic heterocycles. The van der Waals surface area contributed by atoms with Crippen molar-refractivity contribution in [3.63, 3.8) is 0 Å². The number of alkyl halides is 1. The average molecular weight is 216 g/mol. The van der Waals surface area contributed by atoms with Gasteiger partial charge in [-0.2, -0.15) is 0 Å². The van der Waals surface area contributed by atoms with Gasteiger partial charge in [0.25, 0.3) is 0 Å². The second-order valence-electron chi connectivity index (χ2n) is 3.41. The Hall–Kier alpha value is -0.600. The molecule has 2 atom stereocenters. The summed E-state index contributed by atoms with van der Waals surface area (Å²) in [6.45, 7) is 2.07. The summed E-state index contributed by atoms with van der Waals surface area (Å²) in [7, 11) is 0. The first-order valence-electron chi connectivity index (χ1n) is 4.74. The van der Waals surface area contributed by atoms with Crippen molar-refractivity contribution in [3.05, 3.63) is 34.9 Å². The number of hydrogen-bond donors (Lipinski definition) is 1. The third kappa shape index (κ3) is 2.96. The van der Waals surface area contributed by atoms with Crippen molar-refractivity contribution < 1.29 is 4.39 Å². The summed E-state index contributed by atoms with van der Waals surface area (Å²) >= 11 is 5.75. The van der Waals surface area contributed by atoms with Crippen LogP contribution in [0.5, 0.6) is 0 Å². The Morgan fingerprint density at radius 1 is 1.36 bits per heavy atom. The predicted octanol–water partition coefficient (Wildman–Crippen LogP) is 3.13. The highest BCUT2D eigenvalue weighted by atomic mass is 35.5. The zero-order chi connectivity index (χ0) is 10.6. The van der Waals surface area contributed by atoms with E-state index < -0.39 is 6.17 Å². The zero-order valence-electron chi connectivity index (χ0n) is 8.21. The minimum atomic E-state index is -0.875. The van der Waals surface area contributed by atoms with E-state index in [9.17, 15) is 4.39 Å². The number of rotatable bonds is 4.